The molecule has 0 amide bonds. The van der Waals surface area contributed by atoms with Crippen molar-refractivity contribution in [1.29, 1.82) is 0 Å². The van der Waals surface area contributed by atoms with Gasteiger partial charge in [-0.25, -0.2) is 4.68 Å². The second kappa shape index (κ2) is 8.21. The molecule has 2 fully saturated rings. The fourth-order valence-electron chi connectivity index (χ4n) is 4.49. The van der Waals surface area contributed by atoms with E-state index < -0.39 is 0 Å². The van der Waals surface area contributed by atoms with E-state index in [1.165, 1.54) is 64.5 Å². The minimum Gasteiger partial charge on any atom is -0.497 e. The lowest BCUT2D eigenvalue weighted by molar-refractivity contribution is 0.119. The number of rotatable bonds is 4. The van der Waals surface area contributed by atoms with Gasteiger partial charge in [-0.3, -0.25) is 0 Å². The van der Waals surface area contributed by atoms with Gasteiger partial charge in [-0.1, -0.05) is 30.9 Å². The number of ether oxygens (including phenoxy) is 1. The van der Waals surface area contributed by atoms with Gasteiger partial charge in [-0.15, -0.1) is 5.10 Å². The predicted octanol–water partition coefficient (Wildman–Crippen LogP) is 4.31. The Morgan fingerprint density at radius 1 is 0.885 bits per heavy atom. The summed E-state index contributed by atoms with van der Waals surface area (Å²) in [6.45, 7) is 2.40. The lowest BCUT2D eigenvalue weighted by Gasteiger charge is -2.37. The van der Waals surface area contributed by atoms with Crippen molar-refractivity contribution in [2.75, 3.05) is 20.2 Å². The normalized spacial score (nSPS) is 20.8. The topological polar surface area (TPSA) is 43.2 Å². The minimum absolute atomic E-state index is 0.483. The van der Waals surface area contributed by atoms with Crippen LogP contribution >= 0.6 is 0 Å². The second-order valence-corrected chi connectivity index (χ2v) is 7.72. The van der Waals surface area contributed by atoms with Gasteiger partial charge in [0.05, 0.1) is 19.3 Å². The maximum Gasteiger partial charge on any atom is 0.118 e. The van der Waals surface area contributed by atoms with Crippen molar-refractivity contribution in [1.82, 2.24) is 19.9 Å². The van der Waals surface area contributed by atoms with Crippen molar-refractivity contribution in [3.8, 4) is 17.0 Å². The molecule has 2 heterocycles. The highest BCUT2D eigenvalue weighted by Gasteiger charge is 2.27. The first-order valence-corrected chi connectivity index (χ1v) is 10.1. The average molecular weight is 354 g/mol. The zero-order chi connectivity index (χ0) is 17.8. The predicted molar refractivity (Wildman–Crippen MR) is 103 cm³/mol. The summed E-state index contributed by atoms with van der Waals surface area (Å²) < 4.78 is 7.31. The molecule has 0 radical (unpaired) electrons. The van der Waals surface area contributed by atoms with Crippen LogP contribution in [0.25, 0.3) is 11.3 Å². The Kier molecular flexibility index (Phi) is 5.54. The number of hydrogen-bond acceptors (Lipinski definition) is 4. The highest BCUT2D eigenvalue weighted by Crippen LogP contribution is 2.29. The van der Waals surface area contributed by atoms with E-state index in [-0.39, 0.29) is 0 Å². The Morgan fingerprint density at radius 3 is 2.23 bits per heavy atom. The summed E-state index contributed by atoms with van der Waals surface area (Å²) in [6, 6.07) is 9.34. The molecule has 2 aliphatic rings. The third-order valence-electron chi connectivity index (χ3n) is 6.11. The molecule has 2 aromatic rings. The monoisotopic (exact) mass is 354 g/mol. The molecule has 1 aromatic carbocycles. The molecule has 0 N–H and O–H groups in total. The molecule has 0 bridgehead atoms. The molecule has 5 heteroatoms. The lowest BCUT2D eigenvalue weighted by Crippen LogP contribution is -2.41. The quantitative estimate of drug-likeness (QED) is 0.767. The number of methoxy groups -OCH3 is 1. The van der Waals surface area contributed by atoms with E-state index in [4.69, 9.17) is 4.74 Å². The summed E-state index contributed by atoms with van der Waals surface area (Å²) in [5.41, 5.74) is 2.03. The van der Waals surface area contributed by atoms with E-state index in [1.807, 2.05) is 24.3 Å². The zero-order valence-electron chi connectivity index (χ0n) is 15.8. The number of aromatic nitrogens is 3. The van der Waals surface area contributed by atoms with Crippen molar-refractivity contribution in [2.45, 2.75) is 63.5 Å². The molecular weight excluding hydrogens is 324 g/mol. The second-order valence-electron chi connectivity index (χ2n) is 7.72. The molecular formula is C21H30N4O. The molecule has 4 rings (SSSR count). The first kappa shape index (κ1) is 17.5. The highest BCUT2D eigenvalue weighted by molar-refractivity contribution is 5.58. The standard InChI is InChI=1S/C21H30N4O/c1-26-20-10-8-17(9-11-20)21-16-25(23-22-21)19-12-14-24(15-13-19)18-6-4-2-3-5-7-18/h8-11,16,18-19H,2-7,12-15H2,1H3. The van der Waals surface area contributed by atoms with Gasteiger partial charge in [-0.05, 0) is 49.9 Å². The Hall–Kier alpha value is -1.88. The van der Waals surface area contributed by atoms with Crippen molar-refractivity contribution < 1.29 is 4.74 Å². The van der Waals surface area contributed by atoms with E-state index in [0.717, 1.165) is 23.0 Å². The van der Waals surface area contributed by atoms with Crippen molar-refractivity contribution in [3.05, 3.63) is 30.5 Å². The van der Waals surface area contributed by atoms with Crippen LogP contribution < -0.4 is 4.74 Å². The molecule has 26 heavy (non-hydrogen) atoms. The molecule has 5 nitrogen and oxygen atoms in total. The number of likely N-dealkylation sites (tertiary alicyclic amines) is 1. The van der Waals surface area contributed by atoms with Gasteiger partial charge in [-0.2, -0.15) is 0 Å². The summed E-state index contributed by atoms with van der Waals surface area (Å²) in [7, 11) is 1.69. The van der Waals surface area contributed by atoms with Crippen LogP contribution in [0, 0.1) is 0 Å². The smallest absolute Gasteiger partial charge is 0.118 e. The van der Waals surface area contributed by atoms with Gasteiger partial charge in [0.2, 0.25) is 0 Å². The van der Waals surface area contributed by atoms with Crippen molar-refractivity contribution in [3.63, 3.8) is 0 Å². The average Bonchev–Trinajstić information content (AvgIpc) is 3.04. The van der Waals surface area contributed by atoms with Crippen LogP contribution in [0.3, 0.4) is 0 Å². The van der Waals surface area contributed by atoms with Gasteiger partial charge in [0.25, 0.3) is 0 Å². The van der Waals surface area contributed by atoms with E-state index in [9.17, 15) is 0 Å². The first-order valence-electron chi connectivity index (χ1n) is 10.1. The molecule has 140 valence electrons. The lowest BCUT2D eigenvalue weighted by atomic mass is 10.00. The zero-order valence-corrected chi connectivity index (χ0v) is 15.8. The van der Waals surface area contributed by atoms with Crippen LogP contribution in [-0.2, 0) is 0 Å². The maximum absolute atomic E-state index is 5.23. The third-order valence-corrected chi connectivity index (χ3v) is 6.11. The summed E-state index contributed by atoms with van der Waals surface area (Å²) in [4.78, 5) is 2.74. The van der Waals surface area contributed by atoms with Gasteiger partial charge in [0.15, 0.2) is 0 Å². The molecule has 0 spiro atoms. The number of nitrogens with zero attached hydrogens (tertiary/aromatic N) is 4. The van der Waals surface area contributed by atoms with E-state index in [1.54, 1.807) is 7.11 Å². The van der Waals surface area contributed by atoms with Gasteiger partial charge < -0.3 is 9.64 Å². The van der Waals surface area contributed by atoms with Crippen LogP contribution in [-0.4, -0.2) is 46.1 Å². The van der Waals surface area contributed by atoms with Crippen LogP contribution in [0.4, 0.5) is 0 Å². The number of benzene rings is 1. The Morgan fingerprint density at radius 2 is 1.58 bits per heavy atom. The maximum atomic E-state index is 5.23. The first-order chi connectivity index (χ1) is 12.8. The van der Waals surface area contributed by atoms with Gasteiger partial charge in [0.1, 0.15) is 11.4 Å². The van der Waals surface area contributed by atoms with E-state index in [2.05, 4.69) is 26.1 Å². The van der Waals surface area contributed by atoms with Crippen LogP contribution in [0.2, 0.25) is 0 Å². The van der Waals surface area contributed by atoms with Crippen LogP contribution in [0.15, 0.2) is 30.5 Å². The molecule has 0 atom stereocenters. The van der Waals surface area contributed by atoms with Crippen LogP contribution in [0.1, 0.15) is 57.4 Å². The molecule has 1 saturated carbocycles. The number of hydrogen-bond donors (Lipinski definition) is 0. The van der Waals surface area contributed by atoms with Gasteiger partial charge >= 0.3 is 0 Å². The van der Waals surface area contributed by atoms with E-state index in [0.29, 0.717) is 6.04 Å². The molecule has 1 aliphatic carbocycles. The summed E-state index contributed by atoms with van der Waals surface area (Å²) in [5.74, 6) is 0.868. The molecule has 1 aliphatic heterocycles. The summed E-state index contributed by atoms with van der Waals surface area (Å²) in [5, 5.41) is 8.83. The molecule has 0 unspecified atom stereocenters. The number of piperidine rings is 1. The van der Waals surface area contributed by atoms with Gasteiger partial charge in [0, 0.05) is 24.7 Å². The SMILES string of the molecule is COc1ccc(-c2cn(C3CCN(C4CCCCCC4)CC3)nn2)cc1. The Bertz CT molecular complexity index is 680. The fourth-order valence-corrected chi connectivity index (χ4v) is 4.49. The van der Waals surface area contributed by atoms with E-state index >= 15 is 0 Å². The highest BCUT2D eigenvalue weighted by atomic mass is 16.5. The third kappa shape index (κ3) is 3.93. The summed E-state index contributed by atoms with van der Waals surface area (Å²) >= 11 is 0. The molecule has 1 saturated heterocycles. The summed E-state index contributed by atoms with van der Waals surface area (Å²) in [6.07, 6.45) is 13.0. The fraction of sp³-hybridized carbons (Fsp3) is 0.619. The molecule has 1 aromatic heterocycles. The van der Waals surface area contributed by atoms with Crippen molar-refractivity contribution >= 4 is 0 Å². The minimum atomic E-state index is 0.483. The van der Waals surface area contributed by atoms with Crippen molar-refractivity contribution in [2.24, 2.45) is 0 Å². The Balaban J connectivity index is 1.36. The van der Waals surface area contributed by atoms with Crippen LogP contribution in [0.5, 0.6) is 5.75 Å². The Labute approximate surface area is 156 Å². The largest absolute Gasteiger partial charge is 0.497 e.